The van der Waals surface area contributed by atoms with Crippen molar-refractivity contribution in [3.05, 3.63) is 48.0 Å². The molecule has 2 aromatic heterocycles. The van der Waals surface area contributed by atoms with Crippen LogP contribution in [-0.2, 0) is 10.0 Å². The third-order valence-electron chi connectivity index (χ3n) is 3.45. The van der Waals surface area contributed by atoms with Crippen molar-refractivity contribution < 1.29 is 13.2 Å². The normalized spacial score (nSPS) is 11.8. The number of carbonyl (C=O) groups excluding carboxylic acids is 1. The van der Waals surface area contributed by atoms with Crippen LogP contribution in [0.5, 0.6) is 0 Å². The highest BCUT2D eigenvalue weighted by molar-refractivity contribution is 7.89. The minimum atomic E-state index is -3.58. The number of aryl methyl sites for hydroxylation is 1. The summed E-state index contributed by atoms with van der Waals surface area (Å²) < 4.78 is 28.2. The number of rotatable bonds is 5. The number of benzene rings is 1. The molecule has 0 atom stereocenters. The molecule has 3 aromatic rings. The van der Waals surface area contributed by atoms with Gasteiger partial charge < -0.3 is 5.32 Å². The maximum Gasteiger partial charge on any atom is 0.295 e. The van der Waals surface area contributed by atoms with Gasteiger partial charge in [-0.15, -0.1) is 5.10 Å². The summed E-state index contributed by atoms with van der Waals surface area (Å²) >= 11 is 0. The number of fused-ring (bicyclic) bond motifs is 1. The molecule has 10 heteroatoms. The van der Waals surface area contributed by atoms with Crippen LogP contribution in [0.1, 0.15) is 30.2 Å². The number of anilines is 1. The highest BCUT2D eigenvalue weighted by atomic mass is 32.2. The molecular formula is C16H18N6O3S. The second kappa shape index (κ2) is 6.81. The highest BCUT2D eigenvalue weighted by Crippen LogP contribution is 2.15. The summed E-state index contributed by atoms with van der Waals surface area (Å²) in [6.07, 6.45) is 1.59. The van der Waals surface area contributed by atoms with Crippen molar-refractivity contribution in [2.75, 3.05) is 5.32 Å². The van der Waals surface area contributed by atoms with Gasteiger partial charge in [0, 0.05) is 23.6 Å². The number of hydrogen-bond donors (Lipinski definition) is 2. The van der Waals surface area contributed by atoms with Crippen LogP contribution in [0.15, 0.2) is 41.4 Å². The number of hydrogen-bond acceptors (Lipinski definition) is 6. The molecule has 0 spiro atoms. The van der Waals surface area contributed by atoms with E-state index in [0.717, 1.165) is 5.69 Å². The van der Waals surface area contributed by atoms with E-state index >= 15 is 0 Å². The van der Waals surface area contributed by atoms with Gasteiger partial charge in [0.1, 0.15) is 0 Å². The smallest absolute Gasteiger partial charge is 0.295 e. The molecule has 2 heterocycles. The Hall–Kier alpha value is -2.85. The van der Waals surface area contributed by atoms with Gasteiger partial charge in [0.2, 0.25) is 15.8 Å². The lowest BCUT2D eigenvalue weighted by atomic mass is 10.3. The number of aromatic nitrogens is 4. The van der Waals surface area contributed by atoms with Crippen molar-refractivity contribution in [2.24, 2.45) is 0 Å². The van der Waals surface area contributed by atoms with Gasteiger partial charge in [-0.3, -0.25) is 4.79 Å². The average molecular weight is 374 g/mol. The number of nitrogens with zero attached hydrogens (tertiary/aromatic N) is 4. The molecule has 9 nitrogen and oxygen atoms in total. The molecule has 136 valence electrons. The molecule has 0 aliphatic heterocycles. The Kier molecular flexibility index (Phi) is 4.70. The molecule has 0 saturated carbocycles. The van der Waals surface area contributed by atoms with Crippen molar-refractivity contribution in [1.82, 2.24) is 24.3 Å². The fraction of sp³-hybridized carbons (Fsp3) is 0.250. The lowest BCUT2D eigenvalue weighted by Crippen LogP contribution is -2.30. The van der Waals surface area contributed by atoms with Crippen molar-refractivity contribution >= 4 is 27.4 Å². The predicted octanol–water partition coefficient (Wildman–Crippen LogP) is 1.37. The van der Waals surface area contributed by atoms with E-state index in [0.29, 0.717) is 11.5 Å². The molecule has 0 aliphatic carbocycles. The van der Waals surface area contributed by atoms with E-state index < -0.39 is 15.9 Å². The van der Waals surface area contributed by atoms with Crippen LogP contribution in [0, 0.1) is 6.92 Å². The molecule has 0 aliphatic rings. The third kappa shape index (κ3) is 3.70. The Balaban J connectivity index is 1.78. The van der Waals surface area contributed by atoms with Crippen LogP contribution in [-0.4, -0.2) is 39.9 Å². The van der Waals surface area contributed by atoms with E-state index in [2.05, 4.69) is 25.1 Å². The van der Waals surface area contributed by atoms with Crippen molar-refractivity contribution in [3.63, 3.8) is 0 Å². The van der Waals surface area contributed by atoms with Gasteiger partial charge in [-0.05, 0) is 51.1 Å². The van der Waals surface area contributed by atoms with Crippen LogP contribution in [0.2, 0.25) is 0 Å². The maximum atomic E-state index is 12.3. The zero-order valence-electron chi connectivity index (χ0n) is 14.5. The number of nitrogens with one attached hydrogen (secondary N) is 2. The lowest BCUT2D eigenvalue weighted by molar-refractivity contribution is 0.101. The van der Waals surface area contributed by atoms with Gasteiger partial charge in [-0.25, -0.2) is 22.6 Å². The zero-order valence-corrected chi connectivity index (χ0v) is 15.3. The molecule has 26 heavy (non-hydrogen) atoms. The SMILES string of the molecule is Cc1ccnc2nc(C(=O)Nc3ccc(S(=O)(=O)NC(C)C)cc3)nn12. The van der Waals surface area contributed by atoms with Crippen LogP contribution in [0.3, 0.4) is 0 Å². The van der Waals surface area contributed by atoms with Gasteiger partial charge in [0.05, 0.1) is 4.90 Å². The Labute approximate surface area is 150 Å². The number of amides is 1. The first kappa shape index (κ1) is 18.0. The molecule has 0 bridgehead atoms. The second-order valence-electron chi connectivity index (χ2n) is 5.99. The molecule has 0 unspecified atom stereocenters. The first-order valence-corrected chi connectivity index (χ1v) is 9.37. The van der Waals surface area contributed by atoms with Crippen LogP contribution in [0.4, 0.5) is 5.69 Å². The molecule has 0 fully saturated rings. The van der Waals surface area contributed by atoms with E-state index in [9.17, 15) is 13.2 Å². The molecular weight excluding hydrogens is 356 g/mol. The summed E-state index contributed by atoms with van der Waals surface area (Å²) in [5.74, 6) is -0.202. The third-order valence-corrected chi connectivity index (χ3v) is 5.12. The summed E-state index contributed by atoms with van der Waals surface area (Å²) in [7, 11) is -3.58. The quantitative estimate of drug-likeness (QED) is 0.696. The number of carbonyl (C=O) groups is 1. The molecule has 1 aromatic carbocycles. The molecule has 0 radical (unpaired) electrons. The lowest BCUT2D eigenvalue weighted by Gasteiger charge is -2.10. The first-order valence-electron chi connectivity index (χ1n) is 7.88. The Bertz CT molecular complexity index is 1060. The second-order valence-corrected chi connectivity index (χ2v) is 7.70. The minimum absolute atomic E-state index is 0.0232. The fourth-order valence-electron chi connectivity index (χ4n) is 2.29. The standard InChI is InChI=1S/C16H18N6O3S/c1-10(2)21-26(24,25)13-6-4-12(5-7-13)18-15(23)14-19-16-17-9-8-11(3)22(16)20-14/h4-10,21H,1-3H3,(H,18,23). The van der Waals surface area contributed by atoms with Gasteiger partial charge >= 0.3 is 0 Å². The van der Waals surface area contributed by atoms with Crippen LogP contribution in [0.25, 0.3) is 5.78 Å². The summed E-state index contributed by atoms with van der Waals surface area (Å²) in [6, 6.07) is 7.40. The fourth-order valence-corrected chi connectivity index (χ4v) is 3.54. The van der Waals surface area contributed by atoms with Crippen molar-refractivity contribution in [2.45, 2.75) is 31.7 Å². The van der Waals surface area contributed by atoms with E-state index in [1.165, 1.54) is 28.8 Å². The Morgan fingerprint density at radius 1 is 1.15 bits per heavy atom. The summed E-state index contributed by atoms with van der Waals surface area (Å²) in [6.45, 7) is 5.31. The van der Waals surface area contributed by atoms with Crippen LogP contribution < -0.4 is 10.0 Å². The van der Waals surface area contributed by atoms with E-state index in [4.69, 9.17) is 0 Å². The van der Waals surface area contributed by atoms with Gasteiger partial charge in [0.15, 0.2) is 0 Å². The molecule has 0 saturated heterocycles. The highest BCUT2D eigenvalue weighted by Gasteiger charge is 2.17. The van der Waals surface area contributed by atoms with Crippen molar-refractivity contribution in [3.8, 4) is 0 Å². The molecule has 2 N–H and O–H groups in total. The van der Waals surface area contributed by atoms with E-state index in [-0.39, 0.29) is 16.8 Å². The average Bonchev–Trinajstić information content (AvgIpc) is 3.00. The summed E-state index contributed by atoms with van der Waals surface area (Å²) in [5.41, 5.74) is 1.23. The van der Waals surface area contributed by atoms with Crippen LogP contribution >= 0.6 is 0 Å². The monoisotopic (exact) mass is 374 g/mol. The van der Waals surface area contributed by atoms with Crippen molar-refractivity contribution in [1.29, 1.82) is 0 Å². The largest absolute Gasteiger partial charge is 0.319 e. The summed E-state index contributed by atoms with van der Waals surface area (Å²) in [4.78, 5) is 20.6. The van der Waals surface area contributed by atoms with E-state index in [1.807, 2.05) is 6.92 Å². The van der Waals surface area contributed by atoms with Gasteiger partial charge in [-0.2, -0.15) is 4.98 Å². The zero-order chi connectivity index (χ0) is 18.9. The first-order chi connectivity index (χ1) is 12.3. The predicted molar refractivity (Wildman–Crippen MR) is 95.4 cm³/mol. The van der Waals surface area contributed by atoms with E-state index in [1.54, 1.807) is 26.1 Å². The molecule has 3 rings (SSSR count). The minimum Gasteiger partial charge on any atom is -0.319 e. The Morgan fingerprint density at radius 2 is 1.85 bits per heavy atom. The topological polar surface area (TPSA) is 118 Å². The maximum absolute atomic E-state index is 12.3. The molecule has 1 amide bonds. The Morgan fingerprint density at radius 3 is 2.46 bits per heavy atom. The van der Waals surface area contributed by atoms with Gasteiger partial charge in [0.25, 0.3) is 11.7 Å². The summed E-state index contributed by atoms with van der Waals surface area (Å²) in [5, 5.41) is 6.76. The van der Waals surface area contributed by atoms with Gasteiger partial charge in [-0.1, -0.05) is 0 Å². The number of sulfonamides is 1.